The zero-order valence-corrected chi connectivity index (χ0v) is 12.2. The maximum atomic E-state index is 9.44. The van der Waals surface area contributed by atoms with Crippen LogP contribution in [0.15, 0.2) is 12.8 Å². The number of hydrogen-bond donors (Lipinski definition) is 3. The van der Waals surface area contributed by atoms with Crippen LogP contribution >= 0.6 is 16.5 Å². The van der Waals surface area contributed by atoms with Gasteiger partial charge < -0.3 is 24.8 Å². The Kier molecular flexibility index (Phi) is 32.5. The summed E-state index contributed by atoms with van der Waals surface area (Å²) >= 11 is 0. The summed E-state index contributed by atoms with van der Waals surface area (Å²) < 4.78 is 22.3. The minimum absolute atomic E-state index is 0. The topological polar surface area (TPSA) is 144 Å². The van der Waals surface area contributed by atoms with Crippen LogP contribution in [0, 0.1) is 0 Å². The first-order valence-corrected chi connectivity index (χ1v) is 5.37. The molecule has 0 aromatic carbocycles. The van der Waals surface area contributed by atoms with E-state index >= 15 is 0 Å². The van der Waals surface area contributed by atoms with Crippen LogP contribution in [0.5, 0.6) is 0 Å². The van der Waals surface area contributed by atoms with Gasteiger partial charge in [0.1, 0.15) is 0 Å². The Morgan fingerprint density at radius 1 is 1.40 bits per heavy atom. The Labute approximate surface area is 110 Å². The number of aliphatic carboxylic acids is 1. The van der Waals surface area contributed by atoms with E-state index in [0.29, 0.717) is 0 Å². The van der Waals surface area contributed by atoms with Crippen molar-refractivity contribution in [2.75, 3.05) is 0 Å². The first-order valence-electron chi connectivity index (χ1n) is 2.84. The maximum Gasteiger partial charge on any atom is 1.00 e. The number of aliphatic hydroxyl groups excluding tert-OH is 1. The summed E-state index contributed by atoms with van der Waals surface area (Å²) in [4.78, 5) is 24.3. The molecular formula is C4H11NaO8P2. The van der Waals surface area contributed by atoms with Crippen LogP contribution in [0.3, 0.4) is 0 Å². The zero-order chi connectivity index (χ0) is 12.1. The van der Waals surface area contributed by atoms with E-state index in [1.807, 2.05) is 0 Å². The molecule has 0 spiro atoms. The van der Waals surface area contributed by atoms with E-state index in [4.69, 9.17) is 24.8 Å². The van der Waals surface area contributed by atoms with E-state index in [2.05, 4.69) is 10.9 Å². The van der Waals surface area contributed by atoms with Gasteiger partial charge in [-0.15, -0.1) is 0 Å². The quantitative estimate of drug-likeness (QED) is 0.264. The van der Waals surface area contributed by atoms with Gasteiger partial charge in [-0.2, -0.15) is 0 Å². The van der Waals surface area contributed by atoms with E-state index in [1.165, 1.54) is 0 Å². The summed E-state index contributed by atoms with van der Waals surface area (Å²) in [6.07, 6.45) is 0.750. The number of carbonyl (C=O) groups is 1. The van der Waals surface area contributed by atoms with Crippen LogP contribution in [0.1, 0.15) is 6.92 Å². The van der Waals surface area contributed by atoms with Gasteiger partial charge in [0.15, 0.2) is 0 Å². The van der Waals surface area contributed by atoms with Crippen molar-refractivity contribution in [3.05, 3.63) is 12.8 Å². The molecule has 0 fully saturated rings. The molecule has 15 heavy (non-hydrogen) atoms. The van der Waals surface area contributed by atoms with Crippen LogP contribution in [-0.2, 0) is 18.2 Å². The van der Waals surface area contributed by atoms with E-state index in [0.717, 1.165) is 13.2 Å². The largest absolute Gasteiger partial charge is 1.00 e. The molecule has 0 heterocycles. The summed E-state index contributed by atoms with van der Waals surface area (Å²) in [5, 5.41) is 16.2. The molecule has 86 valence electrons. The van der Waals surface area contributed by atoms with Crippen LogP contribution in [-0.4, -0.2) is 20.9 Å². The van der Waals surface area contributed by atoms with Gasteiger partial charge in [-0.05, 0) is 6.92 Å². The molecule has 0 amide bonds. The smallest absolute Gasteiger partial charge is 0.550 e. The van der Waals surface area contributed by atoms with Crippen molar-refractivity contribution in [2.45, 2.75) is 6.92 Å². The number of hydrogen-bond acceptors (Lipinski definition) is 6. The van der Waals surface area contributed by atoms with E-state index < -0.39 is 22.5 Å². The van der Waals surface area contributed by atoms with E-state index in [1.54, 1.807) is 0 Å². The predicted molar refractivity (Wildman–Crippen MR) is 47.0 cm³/mol. The molecule has 0 aliphatic carbocycles. The monoisotopic (exact) mass is 272 g/mol. The van der Waals surface area contributed by atoms with Crippen molar-refractivity contribution < 1.29 is 67.8 Å². The zero-order valence-electron chi connectivity index (χ0n) is 8.17. The van der Waals surface area contributed by atoms with E-state index in [-0.39, 0.29) is 29.6 Å². The van der Waals surface area contributed by atoms with Gasteiger partial charge in [0.05, 0.1) is 6.26 Å². The fourth-order valence-electron chi connectivity index (χ4n) is 0.0747. The molecule has 0 aromatic rings. The molecule has 0 aliphatic rings. The third kappa shape index (κ3) is 116. The molecule has 0 saturated heterocycles. The van der Waals surface area contributed by atoms with Gasteiger partial charge in [-0.1, -0.05) is 6.58 Å². The second kappa shape index (κ2) is 19.9. The van der Waals surface area contributed by atoms with Gasteiger partial charge >= 0.3 is 46.1 Å². The molecule has 2 atom stereocenters. The normalized spacial score (nSPS) is 11.1. The fraction of sp³-hybridized carbons (Fsp3) is 0.250. The Bertz CT molecular complexity index is 191. The molecule has 0 radical (unpaired) electrons. The molecule has 0 aliphatic heterocycles. The van der Waals surface area contributed by atoms with Gasteiger partial charge in [0.25, 0.3) is 0 Å². The molecule has 3 N–H and O–H groups in total. The number of carboxylic acid groups (broad SMARTS) is 1. The third-order valence-corrected chi connectivity index (χ3v) is 1.57. The Morgan fingerprint density at radius 3 is 1.53 bits per heavy atom. The van der Waals surface area contributed by atoms with Crippen molar-refractivity contribution in [1.29, 1.82) is 0 Å². The summed E-state index contributed by atoms with van der Waals surface area (Å²) in [6.45, 7) is 3.89. The molecule has 0 aromatic heterocycles. The predicted octanol–water partition coefficient (Wildman–Crippen LogP) is -3.78. The van der Waals surface area contributed by atoms with Gasteiger partial charge in [0.2, 0.25) is 0 Å². The van der Waals surface area contributed by atoms with Crippen LogP contribution in [0.2, 0.25) is 0 Å². The maximum absolute atomic E-state index is 9.44. The number of rotatable bonds is 2. The van der Waals surface area contributed by atoms with Crippen molar-refractivity contribution in [2.24, 2.45) is 0 Å². The molecule has 0 rings (SSSR count). The SMILES string of the molecule is C=CO.CC(=O)[O-].O=[PH](O)O[PH](=O)O.[Na+]. The van der Waals surface area contributed by atoms with Crippen molar-refractivity contribution in [3.63, 3.8) is 0 Å². The average molecular weight is 272 g/mol. The molecule has 0 saturated carbocycles. The standard InChI is InChI=1S/C2H4O2.C2H4O.Na.H4O5P2/c1-2(3)4;1-2-3;;1-6(2)5-7(3)4/h1H3,(H,3,4);2-3H,1H2;;6-7H,(H,1,2)(H,3,4)/q;;+1;/p-1. The van der Waals surface area contributed by atoms with Crippen LogP contribution in [0.4, 0.5) is 0 Å². The minimum atomic E-state index is -3.20. The molecule has 2 unspecified atom stereocenters. The molecular weight excluding hydrogens is 261 g/mol. The summed E-state index contributed by atoms with van der Waals surface area (Å²) in [5.41, 5.74) is 0. The number of aliphatic hydroxyl groups is 1. The average Bonchev–Trinajstić information content (AvgIpc) is 1.82. The van der Waals surface area contributed by atoms with Crippen molar-refractivity contribution in [1.82, 2.24) is 0 Å². The van der Waals surface area contributed by atoms with Gasteiger partial charge in [0, 0.05) is 5.97 Å². The van der Waals surface area contributed by atoms with Crippen molar-refractivity contribution >= 4 is 22.5 Å². The first-order chi connectivity index (χ1) is 6.27. The van der Waals surface area contributed by atoms with Crippen molar-refractivity contribution in [3.8, 4) is 0 Å². The second-order valence-electron chi connectivity index (χ2n) is 1.31. The van der Waals surface area contributed by atoms with Gasteiger partial charge in [-0.25, -0.2) is 4.31 Å². The summed E-state index contributed by atoms with van der Waals surface area (Å²) in [5.74, 6) is -1.08. The number of carboxylic acids is 1. The van der Waals surface area contributed by atoms with Crippen LogP contribution in [0.25, 0.3) is 0 Å². The number of carbonyl (C=O) groups excluding carboxylic acids is 1. The summed E-state index contributed by atoms with van der Waals surface area (Å²) in [7, 11) is -6.40. The first kappa shape index (κ1) is 24.5. The molecule has 0 bridgehead atoms. The summed E-state index contributed by atoms with van der Waals surface area (Å²) in [6, 6.07) is 0. The second-order valence-corrected chi connectivity index (χ2v) is 3.19. The van der Waals surface area contributed by atoms with Crippen LogP contribution < -0.4 is 34.7 Å². The molecule has 8 nitrogen and oxygen atoms in total. The Morgan fingerprint density at radius 2 is 1.53 bits per heavy atom. The van der Waals surface area contributed by atoms with E-state index in [9.17, 15) is 9.13 Å². The minimum Gasteiger partial charge on any atom is -0.550 e. The Balaban J connectivity index is -0.0000000654. The van der Waals surface area contributed by atoms with Gasteiger partial charge in [-0.3, -0.25) is 9.13 Å². The fourth-order valence-corrected chi connectivity index (χ4v) is 0.672. The molecule has 11 heteroatoms. The third-order valence-electron chi connectivity index (χ3n) is 0.175. The Hall–Kier alpha value is 0.350.